The summed E-state index contributed by atoms with van der Waals surface area (Å²) in [6.07, 6.45) is 3.69. The lowest BCUT2D eigenvalue weighted by Crippen LogP contribution is -2.46. The van der Waals surface area contributed by atoms with Crippen LogP contribution in [0.2, 0.25) is 0 Å². The highest BCUT2D eigenvalue weighted by molar-refractivity contribution is 14.0. The zero-order chi connectivity index (χ0) is 13.6. The van der Waals surface area contributed by atoms with Crippen molar-refractivity contribution in [3.8, 4) is 0 Å². The van der Waals surface area contributed by atoms with E-state index in [1.165, 1.54) is 19.1 Å². The number of halogens is 1. The third kappa shape index (κ3) is 7.96. The number of hydrogen-bond acceptors (Lipinski definition) is 3. The van der Waals surface area contributed by atoms with E-state index in [-0.39, 0.29) is 29.7 Å². The molecule has 0 aromatic rings. The van der Waals surface area contributed by atoms with Crippen LogP contribution < -0.4 is 5.32 Å². The molecular weight excluding hydrogens is 377 g/mol. The van der Waals surface area contributed by atoms with Crippen molar-refractivity contribution in [2.45, 2.75) is 26.7 Å². The maximum Gasteiger partial charge on any atom is 0.193 e. The van der Waals surface area contributed by atoms with Crippen LogP contribution in [0.15, 0.2) is 4.99 Å². The van der Waals surface area contributed by atoms with Gasteiger partial charge in [0.05, 0.1) is 12.3 Å². The number of rotatable bonds is 4. The average Bonchev–Trinajstić information content (AvgIpc) is 2.26. The Bertz CT molecular complexity index is 384. The predicted octanol–water partition coefficient (Wildman–Crippen LogP) is 1.35. The van der Waals surface area contributed by atoms with Gasteiger partial charge in [0.25, 0.3) is 0 Å². The molecule has 0 radical (unpaired) electrons. The molecule has 0 bridgehead atoms. The van der Waals surface area contributed by atoms with E-state index in [1.807, 2.05) is 6.92 Å². The molecule has 0 aromatic carbocycles. The van der Waals surface area contributed by atoms with E-state index in [0.29, 0.717) is 12.5 Å². The van der Waals surface area contributed by atoms with Crippen LogP contribution in [0.25, 0.3) is 0 Å². The first-order valence-electron chi connectivity index (χ1n) is 6.63. The van der Waals surface area contributed by atoms with E-state index in [1.54, 1.807) is 0 Å². The number of nitrogens with zero attached hydrogens (tertiary/aromatic N) is 2. The summed E-state index contributed by atoms with van der Waals surface area (Å²) in [4.78, 5) is 6.65. The van der Waals surface area contributed by atoms with E-state index in [4.69, 9.17) is 0 Å². The maximum atomic E-state index is 11.1. The van der Waals surface area contributed by atoms with E-state index in [2.05, 4.69) is 22.1 Å². The van der Waals surface area contributed by atoms with Crippen LogP contribution in [0.4, 0.5) is 0 Å². The predicted molar refractivity (Wildman–Crippen MR) is 91.1 cm³/mol. The quantitative estimate of drug-likeness (QED) is 0.437. The lowest BCUT2D eigenvalue weighted by molar-refractivity contribution is 0.266. The lowest BCUT2D eigenvalue weighted by atomic mass is 10.0. The van der Waals surface area contributed by atoms with Gasteiger partial charge in [-0.2, -0.15) is 0 Å². The Hall–Kier alpha value is -0.0500. The number of guanidine groups is 1. The van der Waals surface area contributed by atoms with Gasteiger partial charge in [-0.3, -0.25) is 4.99 Å². The molecule has 1 heterocycles. The molecule has 0 aromatic heterocycles. The van der Waals surface area contributed by atoms with Gasteiger partial charge < -0.3 is 10.2 Å². The average molecular weight is 403 g/mol. The molecule has 1 saturated heterocycles. The van der Waals surface area contributed by atoms with Crippen molar-refractivity contribution < 1.29 is 8.42 Å². The molecule has 0 amide bonds. The minimum atomic E-state index is -2.93. The van der Waals surface area contributed by atoms with Crippen LogP contribution in [0.5, 0.6) is 0 Å². The summed E-state index contributed by atoms with van der Waals surface area (Å²) in [6.45, 7) is 7.43. The van der Waals surface area contributed by atoms with E-state index in [9.17, 15) is 8.42 Å². The second-order valence-corrected chi connectivity index (χ2v) is 7.32. The van der Waals surface area contributed by atoms with Crippen LogP contribution in [0.1, 0.15) is 26.7 Å². The van der Waals surface area contributed by atoms with Gasteiger partial charge in [-0.25, -0.2) is 8.42 Å². The molecule has 1 aliphatic rings. The number of hydrogen-bond donors (Lipinski definition) is 1. The largest absolute Gasteiger partial charge is 0.357 e. The van der Waals surface area contributed by atoms with Crippen molar-refractivity contribution in [1.29, 1.82) is 0 Å². The summed E-state index contributed by atoms with van der Waals surface area (Å²) in [5.74, 6) is 1.65. The highest BCUT2D eigenvalue weighted by Gasteiger charge is 2.19. The van der Waals surface area contributed by atoms with E-state index < -0.39 is 9.84 Å². The summed E-state index contributed by atoms with van der Waals surface area (Å²) in [5.41, 5.74) is 0. The molecule has 114 valence electrons. The minimum Gasteiger partial charge on any atom is -0.357 e. The lowest BCUT2D eigenvalue weighted by Gasteiger charge is -2.33. The number of piperidine rings is 1. The normalized spacial score (nSPS) is 20.9. The monoisotopic (exact) mass is 403 g/mol. The summed E-state index contributed by atoms with van der Waals surface area (Å²) >= 11 is 0. The summed E-state index contributed by atoms with van der Waals surface area (Å²) in [7, 11) is -2.93. The molecular formula is C12H26IN3O2S. The summed E-state index contributed by atoms with van der Waals surface area (Å²) in [5, 5.41) is 3.24. The molecule has 1 fully saturated rings. The number of nitrogens with one attached hydrogen (secondary N) is 1. The van der Waals surface area contributed by atoms with E-state index >= 15 is 0 Å². The molecule has 7 heteroatoms. The second-order valence-electron chi connectivity index (χ2n) is 5.06. The number of likely N-dealkylation sites (tertiary alicyclic amines) is 1. The Kier molecular flexibility index (Phi) is 8.97. The maximum absolute atomic E-state index is 11.1. The van der Waals surface area contributed by atoms with Gasteiger partial charge in [0.15, 0.2) is 5.96 Å². The van der Waals surface area contributed by atoms with Crippen molar-refractivity contribution in [1.82, 2.24) is 10.2 Å². The van der Waals surface area contributed by atoms with Gasteiger partial charge in [-0.1, -0.05) is 6.92 Å². The van der Waals surface area contributed by atoms with Crippen molar-refractivity contribution in [2.24, 2.45) is 10.9 Å². The molecule has 1 aliphatic heterocycles. The number of sulfone groups is 1. The van der Waals surface area contributed by atoms with Crippen molar-refractivity contribution >= 4 is 39.8 Å². The third-order valence-electron chi connectivity index (χ3n) is 3.02. The highest BCUT2D eigenvalue weighted by atomic mass is 127. The smallest absolute Gasteiger partial charge is 0.193 e. The van der Waals surface area contributed by atoms with Crippen molar-refractivity contribution in [3.05, 3.63) is 0 Å². The Morgan fingerprint density at radius 1 is 1.47 bits per heavy atom. The zero-order valence-electron chi connectivity index (χ0n) is 12.1. The number of aliphatic imine (C=N–C) groups is 1. The molecule has 19 heavy (non-hydrogen) atoms. The second kappa shape index (κ2) is 8.99. The van der Waals surface area contributed by atoms with Gasteiger partial charge in [0.2, 0.25) is 0 Å². The first-order valence-corrected chi connectivity index (χ1v) is 8.69. The summed E-state index contributed by atoms with van der Waals surface area (Å²) in [6, 6.07) is 0. The van der Waals surface area contributed by atoms with Gasteiger partial charge in [0.1, 0.15) is 9.84 Å². The molecule has 1 atom stereocenters. The SMILES string of the molecule is CCNC(=NCCS(C)(=O)=O)N1CCCC(C)C1.I. The first-order chi connectivity index (χ1) is 8.42. The van der Waals surface area contributed by atoms with Crippen LogP contribution in [0.3, 0.4) is 0 Å². The Labute approximate surface area is 134 Å². The van der Waals surface area contributed by atoms with Gasteiger partial charge in [-0.05, 0) is 25.7 Å². The van der Waals surface area contributed by atoms with Gasteiger partial charge in [0, 0.05) is 25.9 Å². The standard InChI is InChI=1S/C12H25N3O2S.HI/c1-4-13-12(14-7-9-18(3,16)17)15-8-5-6-11(2)10-15;/h11H,4-10H2,1-3H3,(H,13,14);1H. The molecule has 1 unspecified atom stereocenters. The molecule has 0 aliphatic carbocycles. The van der Waals surface area contributed by atoms with Crippen molar-refractivity contribution in [2.75, 3.05) is 38.2 Å². The minimum absolute atomic E-state index is 0. The Morgan fingerprint density at radius 3 is 2.68 bits per heavy atom. The zero-order valence-corrected chi connectivity index (χ0v) is 15.2. The molecule has 5 nitrogen and oxygen atoms in total. The molecule has 1 rings (SSSR count). The Morgan fingerprint density at radius 2 is 2.16 bits per heavy atom. The van der Waals surface area contributed by atoms with Crippen molar-refractivity contribution in [3.63, 3.8) is 0 Å². The molecule has 0 spiro atoms. The Balaban J connectivity index is 0.00000324. The molecule has 0 saturated carbocycles. The van der Waals surface area contributed by atoms with Gasteiger partial charge in [-0.15, -0.1) is 24.0 Å². The van der Waals surface area contributed by atoms with Crippen LogP contribution >= 0.6 is 24.0 Å². The van der Waals surface area contributed by atoms with E-state index in [0.717, 1.165) is 25.6 Å². The third-order valence-corrected chi connectivity index (χ3v) is 3.94. The van der Waals surface area contributed by atoms with Gasteiger partial charge >= 0.3 is 0 Å². The summed E-state index contributed by atoms with van der Waals surface area (Å²) < 4.78 is 22.2. The highest BCUT2D eigenvalue weighted by Crippen LogP contribution is 2.15. The van der Waals surface area contributed by atoms with Crippen LogP contribution in [0, 0.1) is 5.92 Å². The molecule has 1 N–H and O–H groups in total. The topological polar surface area (TPSA) is 61.8 Å². The fourth-order valence-electron chi connectivity index (χ4n) is 2.12. The van der Waals surface area contributed by atoms with Crippen LogP contribution in [-0.2, 0) is 9.84 Å². The fraction of sp³-hybridized carbons (Fsp3) is 0.917. The first kappa shape index (κ1) is 18.9. The van der Waals surface area contributed by atoms with Crippen LogP contribution in [-0.4, -0.2) is 57.5 Å². The fourth-order valence-corrected chi connectivity index (χ4v) is 2.55.